The topological polar surface area (TPSA) is 87.7 Å². The average molecular weight is 480 g/mol. The summed E-state index contributed by atoms with van der Waals surface area (Å²) in [6, 6.07) is 25.1. The minimum absolute atomic E-state index is 0.0870. The summed E-state index contributed by atoms with van der Waals surface area (Å²) < 4.78 is 33.8. The van der Waals surface area contributed by atoms with Gasteiger partial charge < -0.3 is 15.0 Å². The van der Waals surface area contributed by atoms with E-state index in [2.05, 4.69) is 14.9 Å². The Morgan fingerprint density at radius 2 is 1.50 bits per heavy atom. The van der Waals surface area contributed by atoms with Crippen LogP contribution in [0.2, 0.25) is 0 Å². The smallest absolute Gasteiger partial charge is 0.240 e. The second-order valence-electron chi connectivity index (χ2n) is 8.26. The van der Waals surface area contributed by atoms with Crippen LogP contribution in [0.4, 0.5) is 5.69 Å². The van der Waals surface area contributed by atoms with Gasteiger partial charge in [-0.05, 0) is 62.3 Å². The van der Waals surface area contributed by atoms with Crippen LogP contribution >= 0.6 is 0 Å². The summed E-state index contributed by atoms with van der Waals surface area (Å²) in [7, 11) is -3.51. The Labute approximate surface area is 200 Å². The Bertz CT molecular complexity index is 1180. The lowest BCUT2D eigenvalue weighted by atomic mass is 10.1. The summed E-state index contributed by atoms with van der Waals surface area (Å²) in [6.45, 7) is 2.09. The maximum Gasteiger partial charge on any atom is 0.240 e. The van der Waals surface area contributed by atoms with Crippen molar-refractivity contribution < 1.29 is 17.9 Å². The second-order valence-corrected chi connectivity index (χ2v) is 9.97. The summed E-state index contributed by atoms with van der Waals surface area (Å²) in [6.07, 6.45) is 1.77. The first kappa shape index (κ1) is 23.9. The van der Waals surface area contributed by atoms with E-state index in [1.165, 1.54) is 0 Å². The molecule has 178 valence electrons. The molecule has 1 aliphatic rings. The van der Waals surface area contributed by atoms with E-state index in [9.17, 15) is 13.2 Å². The molecule has 2 N–H and O–H groups in total. The quantitative estimate of drug-likeness (QED) is 0.479. The molecular formula is C26H29N3O4S. The van der Waals surface area contributed by atoms with Crippen LogP contribution in [0.3, 0.4) is 0 Å². The number of likely N-dealkylation sites (tertiary alicyclic amines) is 1. The SMILES string of the molecule is O=C(CCN1CCC(NS(=O)(=O)c2ccccc2)CC1)Nc1ccccc1Oc1ccccc1. The molecule has 0 radical (unpaired) electrons. The molecule has 0 saturated carbocycles. The zero-order chi connectivity index (χ0) is 23.8. The van der Waals surface area contributed by atoms with Crippen LogP contribution in [0, 0.1) is 0 Å². The molecule has 3 aromatic rings. The molecular weight excluding hydrogens is 450 g/mol. The Morgan fingerprint density at radius 1 is 0.882 bits per heavy atom. The number of nitrogens with zero attached hydrogens (tertiary/aromatic N) is 1. The van der Waals surface area contributed by atoms with Crippen molar-refractivity contribution in [3.8, 4) is 11.5 Å². The van der Waals surface area contributed by atoms with Gasteiger partial charge in [0.15, 0.2) is 5.75 Å². The molecule has 8 heteroatoms. The zero-order valence-electron chi connectivity index (χ0n) is 18.9. The van der Waals surface area contributed by atoms with Crippen molar-refractivity contribution in [2.45, 2.75) is 30.2 Å². The molecule has 7 nitrogen and oxygen atoms in total. The van der Waals surface area contributed by atoms with Gasteiger partial charge in [0.1, 0.15) is 5.75 Å². The zero-order valence-corrected chi connectivity index (χ0v) is 19.7. The fourth-order valence-corrected chi connectivity index (χ4v) is 5.23. The summed E-state index contributed by atoms with van der Waals surface area (Å²) in [5.41, 5.74) is 0.630. The lowest BCUT2D eigenvalue weighted by Gasteiger charge is -2.32. The van der Waals surface area contributed by atoms with E-state index >= 15 is 0 Å². The number of anilines is 1. The molecule has 4 rings (SSSR count). The number of hydrogen-bond acceptors (Lipinski definition) is 5. The van der Waals surface area contributed by atoms with Gasteiger partial charge in [-0.25, -0.2) is 13.1 Å². The van der Waals surface area contributed by atoms with Crippen molar-refractivity contribution in [2.24, 2.45) is 0 Å². The lowest BCUT2D eigenvalue weighted by molar-refractivity contribution is -0.116. The van der Waals surface area contributed by atoms with Crippen LogP contribution in [0.25, 0.3) is 0 Å². The number of carbonyl (C=O) groups excluding carboxylic acids is 1. The highest BCUT2D eigenvalue weighted by Crippen LogP contribution is 2.29. The molecule has 3 aromatic carbocycles. The summed E-state index contributed by atoms with van der Waals surface area (Å²) in [5, 5.41) is 2.95. The first-order chi connectivity index (χ1) is 16.5. The van der Waals surface area contributed by atoms with Crippen LogP contribution in [-0.2, 0) is 14.8 Å². The Hall–Kier alpha value is -3.20. The molecule has 0 unspecified atom stereocenters. The number of amides is 1. The monoisotopic (exact) mass is 479 g/mol. The highest BCUT2D eigenvalue weighted by Gasteiger charge is 2.24. The van der Waals surface area contributed by atoms with E-state index < -0.39 is 10.0 Å². The third-order valence-corrected chi connectivity index (χ3v) is 7.29. The minimum atomic E-state index is -3.51. The highest BCUT2D eigenvalue weighted by molar-refractivity contribution is 7.89. The van der Waals surface area contributed by atoms with Gasteiger partial charge in [0.2, 0.25) is 15.9 Å². The number of benzene rings is 3. The number of rotatable bonds is 9. The van der Waals surface area contributed by atoms with Crippen LogP contribution < -0.4 is 14.8 Å². The first-order valence-corrected chi connectivity index (χ1v) is 12.9. The van der Waals surface area contributed by atoms with Gasteiger partial charge in [-0.15, -0.1) is 0 Å². The number of hydrogen-bond donors (Lipinski definition) is 2. The van der Waals surface area contributed by atoms with E-state index in [1.54, 1.807) is 30.3 Å². The summed E-state index contributed by atoms with van der Waals surface area (Å²) in [5.74, 6) is 1.21. The van der Waals surface area contributed by atoms with Gasteiger partial charge in [-0.2, -0.15) is 0 Å². The van der Waals surface area contributed by atoms with Crippen LogP contribution in [0.15, 0.2) is 89.8 Å². The maximum atomic E-state index is 12.6. The number of piperidine rings is 1. The third-order valence-electron chi connectivity index (χ3n) is 5.75. The van der Waals surface area contributed by atoms with E-state index in [1.807, 2.05) is 54.6 Å². The molecule has 1 heterocycles. The summed E-state index contributed by atoms with van der Waals surface area (Å²) >= 11 is 0. The number of nitrogens with one attached hydrogen (secondary N) is 2. The van der Waals surface area contributed by atoms with Crippen LogP contribution in [-0.4, -0.2) is 44.9 Å². The lowest BCUT2D eigenvalue weighted by Crippen LogP contribution is -2.45. The molecule has 0 aromatic heterocycles. The van der Waals surface area contributed by atoms with Crippen molar-refractivity contribution >= 4 is 21.6 Å². The molecule has 0 spiro atoms. The number of para-hydroxylation sites is 3. The Morgan fingerprint density at radius 3 is 2.21 bits per heavy atom. The predicted molar refractivity (Wildman–Crippen MR) is 132 cm³/mol. The summed E-state index contributed by atoms with van der Waals surface area (Å²) in [4.78, 5) is 15.1. The molecule has 34 heavy (non-hydrogen) atoms. The number of ether oxygens (including phenoxy) is 1. The van der Waals surface area contributed by atoms with Crippen LogP contribution in [0.5, 0.6) is 11.5 Å². The van der Waals surface area contributed by atoms with E-state index in [-0.39, 0.29) is 16.8 Å². The molecule has 1 aliphatic heterocycles. The maximum absolute atomic E-state index is 12.6. The van der Waals surface area contributed by atoms with Gasteiger partial charge in [0.05, 0.1) is 10.6 Å². The molecule has 0 atom stereocenters. The van der Waals surface area contributed by atoms with Gasteiger partial charge in [0.25, 0.3) is 0 Å². The highest BCUT2D eigenvalue weighted by atomic mass is 32.2. The van der Waals surface area contributed by atoms with Gasteiger partial charge in [-0.1, -0.05) is 48.5 Å². The molecule has 1 fully saturated rings. The van der Waals surface area contributed by atoms with E-state index in [0.29, 0.717) is 43.0 Å². The predicted octanol–water partition coefficient (Wildman–Crippen LogP) is 4.25. The normalized spacial score (nSPS) is 15.1. The fraction of sp³-hybridized carbons (Fsp3) is 0.269. The average Bonchev–Trinajstić information content (AvgIpc) is 2.86. The first-order valence-electron chi connectivity index (χ1n) is 11.4. The van der Waals surface area contributed by atoms with Crippen molar-refractivity contribution in [2.75, 3.05) is 25.0 Å². The van der Waals surface area contributed by atoms with Crippen LogP contribution in [0.1, 0.15) is 19.3 Å². The standard InChI is InChI=1S/C26H29N3O4S/c30-26(27-24-13-7-8-14-25(24)33-22-9-3-1-4-10-22)17-20-29-18-15-21(16-19-29)28-34(31,32)23-11-5-2-6-12-23/h1-14,21,28H,15-20H2,(H,27,30). The van der Waals surface area contributed by atoms with Gasteiger partial charge >= 0.3 is 0 Å². The molecule has 1 amide bonds. The minimum Gasteiger partial charge on any atom is -0.455 e. The molecule has 0 aliphatic carbocycles. The van der Waals surface area contributed by atoms with Gasteiger partial charge in [0, 0.05) is 19.0 Å². The Balaban J connectivity index is 1.23. The van der Waals surface area contributed by atoms with Crippen molar-refractivity contribution in [3.05, 3.63) is 84.9 Å². The fourth-order valence-electron chi connectivity index (χ4n) is 3.91. The Kier molecular flexibility index (Phi) is 7.95. The number of sulfonamides is 1. The van der Waals surface area contributed by atoms with Crippen molar-refractivity contribution in [1.29, 1.82) is 0 Å². The van der Waals surface area contributed by atoms with E-state index in [0.717, 1.165) is 13.1 Å². The van der Waals surface area contributed by atoms with Crippen molar-refractivity contribution in [3.63, 3.8) is 0 Å². The van der Waals surface area contributed by atoms with Crippen molar-refractivity contribution in [1.82, 2.24) is 9.62 Å². The third kappa shape index (κ3) is 6.66. The number of carbonyl (C=O) groups is 1. The molecule has 0 bridgehead atoms. The molecule has 1 saturated heterocycles. The van der Waals surface area contributed by atoms with E-state index in [4.69, 9.17) is 4.74 Å². The van der Waals surface area contributed by atoms with Gasteiger partial charge in [-0.3, -0.25) is 4.79 Å². The second kappa shape index (κ2) is 11.3. The largest absolute Gasteiger partial charge is 0.455 e.